The fourth-order valence-electron chi connectivity index (χ4n) is 1.78. The highest BCUT2D eigenvalue weighted by atomic mass is 79.9. The largest absolute Gasteiger partial charge is 0.329 e. The second kappa shape index (κ2) is 5.05. The summed E-state index contributed by atoms with van der Waals surface area (Å²) in [5, 5.41) is 7.63. The van der Waals surface area contributed by atoms with Crippen molar-refractivity contribution in [2.45, 2.75) is 26.7 Å². The number of Topliss-reactive ketones (excluding diaryl/α,β-unsaturated/α-hetero) is 1. The summed E-state index contributed by atoms with van der Waals surface area (Å²) in [6.07, 6.45) is 1.44. The van der Waals surface area contributed by atoms with Crippen LogP contribution in [0.15, 0.2) is 4.60 Å². The molecule has 1 aromatic rings. The number of rotatable bonds is 5. The molecule has 0 fully saturated rings. The Morgan fingerprint density at radius 2 is 2.06 bits per heavy atom. The zero-order chi connectivity index (χ0) is 12.3. The van der Waals surface area contributed by atoms with E-state index in [0.29, 0.717) is 16.8 Å². The second-order valence-corrected chi connectivity index (χ2v) is 4.62. The number of aryl methyl sites for hydroxylation is 1. The van der Waals surface area contributed by atoms with Crippen LogP contribution in [0.4, 0.5) is 0 Å². The molecule has 0 aliphatic heterocycles. The maximum absolute atomic E-state index is 12.5. The summed E-state index contributed by atoms with van der Waals surface area (Å²) < 4.78 is 1.97. The average Bonchev–Trinajstić information content (AvgIpc) is 2.61. The molecule has 1 rings (SSSR count). The van der Waals surface area contributed by atoms with Crippen LogP contribution in [0.3, 0.4) is 0 Å². The third-order valence-electron chi connectivity index (χ3n) is 3.23. The van der Waals surface area contributed by atoms with Gasteiger partial charge in [-0.05, 0) is 28.8 Å². The van der Waals surface area contributed by atoms with Crippen molar-refractivity contribution in [3.8, 4) is 0 Å². The van der Waals surface area contributed by atoms with E-state index in [1.54, 1.807) is 7.05 Å². The van der Waals surface area contributed by atoms with E-state index in [1.807, 2.05) is 13.8 Å². The predicted molar refractivity (Wildman–Crippen MR) is 65.1 cm³/mol. The van der Waals surface area contributed by atoms with E-state index in [1.165, 1.54) is 4.68 Å². The van der Waals surface area contributed by atoms with Crippen molar-refractivity contribution in [3.63, 3.8) is 0 Å². The monoisotopic (exact) mass is 288 g/mol. The average molecular weight is 289 g/mol. The summed E-state index contributed by atoms with van der Waals surface area (Å²) in [4.78, 5) is 12.5. The number of carbonyl (C=O) groups is 1. The summed E-state index contributed by atoms with van der Waals surface area (Å²) in [5.74, 6) is 0.0133. The number of nitrogens with zero attached hydrogens (tertiary/aromatic N) is 3. The van der Waals surface area contributed by atoms with Crippen LogP contribution in [-0.2, 0) is 7.05 Å². The van der Waals surface area contributed by atoms with Gasteiger partial charge in [-0.3, -0.25) is 4.79 Å². The van der Waals surface area contributed by atoms with Crippen LogP contribution < -0.4 is 5.73 Å². The Morgan fingerprint density at radius 1 is 1.50 bits per heavy atom. The molecule has 1 heterocycles. The Bertz CT molecular complexity index is 356. The standard InChI is InChI=1S/C10H17BrN4O/c1-4-10(5-2,6-12)8(16)7-9(11)13-14-15(7)3/h4-6,12H2,1-3H3. The van der Waals surface area contributed by atoms with Gasteiger partial charge in [0.15, 0.2) is 10.4 Å². The number of halogens is 1. The Kier molecular flexibility index (Phi) is 4.21. The fourth-order valence-corrected chi connectivity index (χ4v) is 2.28. The van der Waals surface area contributed by atoms with Crippen molar-refractivity contribution < 1.29 is 4.79 Å². The predicted octanol–water partition coefficient (Wildman–Crippen LogP) is 1.53. The molecule has 0 aliphatic rings. The lowest BCUT2D eigenvalue weighted by atomic mass is 9.77. The van der Waals surface area contributed by atoms with Gasteiger partial charge in [0.2, 0.25) is 0 Å². The lowest BCUT2D eigenvalue weighted by molar-refractivity contribution is 0.0775. The minimum atomic E-state index is -0.502. The highest BCUT2D eigenvalue weighted by Gasteiger charge is 2.37. The summed E-state index contributed by atoms with van der Waals surface area (Å²) in [7, 11) is 1.71. The van der Waals surface area contributed by atoms with Gasteiger partial charge < -0.3 is 5.73 Å². The molecule has 1 aromatic heterocycles. The molecular weight excluding hydrogens is 272 g/mol. The molecule has 0 saturated heterocycles. The number of ketones is 1. The Labute approximate surface area is 104 Å². The van der Waals surface area contributed by atoms with E-state index in [4.69, 9.17) is 5.73 Å². The number of aromatic nitrogens is 3. The maximum atomic E-state index is 12.5. The molecule has 6 heteroatoms. The first kappa shape index (κ1) is 13.3. The lowest BCUT2D eigenvalue weighted by Gasteiger charge is -2.28. The van der Waals surface area contributed by atoms with E-state index in [0.717, 1.165) is 12.8 Å². The van der Waals surface area contributed by atoms with Gasteiger partial charge in [-0.15, -0.1) is 5.10 Å². The summed E-state index contributed by atoms with van der Waals surface area (Å²) in [6.45, 7) is 4.30. The molecule has 2 N–H and O–H groups in total. The van der Waals surface area contributed by atoms with E-state index in [-0.39, 0.29) is 5.78 Å². The molecule has 16 heavy (non-hydrogen) atoms. The minimum absolute atomic E-state index is 0.0133. The van der Waals surface area contributed by atoms with Gasteiger partial charge >= 0.3 is 0 Å². The quantitative estimate of drug-likeness (QED) is 0.834. The molecule has 0 radical (unpaired) electrons. The molecule has 0 aromatic carbocycles. The third kappa shape index (κ3) is 2.04. The molecule has 0 saturated carbocycles. The Hall–Kier alpha value is -0.750. The molecular formula is C10H17BrN4O. The van der Waals surface area contributed by atoms with Gasteiger partial charge in [0.05, 0.1) is 0 Å². The first-order chi connectivity index (χ1) is 7.52. The number of hydrogen-bond donors (Lipinski definition) is 1. The van der Waals surface area contributed by atoms with E-state index >= 15 is 0 Å². The van der Waals surface area contributed by atoms with Crippen LogP contribution in [0.25, 0.3) is 0 Å². The van der Waals surface area contributed by atoms with Gasteiger partial charge in [0.25, 0.3) is 0 Å². The molecule has 0 spiro atoms. The highest BCUT2D eigenvalue weighted by Crippen LogP contribution is 2.31. The number of hydrogen-bond acceptors (Lipinski definition) is 4. The van der Waals surface area contributed by atoms with Gasteiger partial charge in [0, 0.05) is 19.0 Å². The zero-order valence-corrected chi connectivity index (χ0v) is 11.4. The molecule has 0 atom stereocenters. The summed E-state index contributed by atoms with van der Waals surface area (Å²) in [6, 6.07) is 0. The van der Waals surface area contributed by atoms with Gasteiger partial charge in [0.1, 0.15) is 5.69 Å². The first-order valence-electron chi connectivity index (χ1n) is 5.32. The van der Waals surface area contributed by atoms with Gasteiger partial charge in [-0.2, -0.15) is 0 Å². The lowest BCUT2D eigenvalue weighted by Crippen LogP contribution is -2.38. The second-order valence-electron chi connectivity index (χ2n) is 3.87. The van der Waals surface area contributed by atoms with Gasteiger partial charge in [-0.25, -0.2) is 4.68 Å². The SMILES string of the molecule is CCC(CC)(CN)C(=O)c1c(Br)nnn1C. The third-order valence-corrected chi connectivity index (χ3v) is 3.76. The van der Waals surface area contributed by atoms with Crippen molar-refractivity contribution >= 4 is 21.7 Å². The Balaban J connectivity index is 3.19. The van der Waals surface area contributed by atoms with Crippen molar-refractivity contribution in [1.82, 2.24) is 15.0 Å². The number of carbonyl (C=O) groups excluding carboxylic acids is 1. The molecule has 90 valence electrons. The molecule has 0 aliphatic carbocycles. The van der Waals surface area contributed by atoms with Crippen LogP contribution in [0.2, 0.25) is 0 Å². The van der Waals surface area contributed by atoms with Crippen LogP contribution in [0.5, 0.6) is 0 Å². The Morgan fingerprint density at radius 3 is 2.38 bits per heavy atom. The number of nitrogens with two attached hydrogens (primary N) is 1. The zero-order valence-electron chi connectivity index (χ0n) is 9.83. The van der Waals surface area contributed by atoms with Crippen LogP contribution in [0, 0.1) is 5.41 Å². The van der Waals surface area contributed by atoms with E-state index in [2.05, 4.69) is 26.2 Å². The normalized spacial score (nSPS) is 11.8. The summed E-state index contributed by atoms with van der Waals surface area (Å²) >= 11 is 3.24. The van der Waals surface area contributed by atoms with Crippen molar-refractivity contribution in [2.24, 2.45) is 18.2 Å². The topological polar surface area (TPSA) is 73.8 Å². The molecule has 0 amide bonds. The van der Waals surface area contributed by atoms with Crippen molar-refractivity contribution in [2.75, 3.05) is 6.54 Å². The van der Waals surface area contributed by atoms with Crippen molar-refractivity contribution in [1.29, 1.82) is 0 Å². The molecule has 0 bridgehead atoms. The molecule has 0 unspecified atom stereocenters. The van der Waals surface area contributed by atoms with Gasteiger partial charge in [-0.1, -0.05) is 19.1 Å². The molecule has 5 nitrogen and oxygen atoms in total. The van der Waals surface area contributed by atoms with Crippen LogP contribution in [0.1, 0.15) is 37.2 Å². The highest BCUT2D eigenvalue weighted by molar-refractivity contribution is 9.10. The van der Waals surface area contributed by atoms with Crippen molar-refractivity contribution in [3.05, 3.63) is 10.3 Å². The smallest absolute Gasteiger partial charge is 0.191 e. The van der Waals surface area contributed by atoms with E-state index in [9.17, 15) is 4.79 Å². The fraction of sp³-hybridized carbons (Fsp3) is 0.700. The maximum Gasteiger partial charge on any atom is 0.191 e. The first-order valence-corrected chi connectivity index (χ1v) is 6.11. The van der Waals surface area contributed by atoms with Crippen LogP contribution in [-0.4, -0.2) is 27.3 Å². The summed E-state index contributed by atoms with van der Waals surface area (Å²) in [5.41, 5.74) is 5.74. The van der Waals surface area contributed by atoms with E-state index < -0.39 is 5.41 Å². The minimum Gasteiger partial charge on any atom is -0.329 e. The van der Waals surface area contributed by atoms with Crippen LogP contribution >= 0.6 is 15.9 Å².